The fourth-order valence-electron chi connectivity index (χ4n) is 1.21. The topological polar surface area (TPSA) is 0 Å². The maximum atomic E-state index is 4.73. The SMILES string of the molecule is CCCCCCCCSCC#CC[S]. The van der Waals surface area contributed by atoms with Crippen molar-refractivity contribution < 1.29 is 0 Å². The van der Waals surface area contributed by atoms with Crippen molar-refractivity contribution in [3.63, 3.8) is 0 Å². The predicted molar refractivity (Wildman–Crippen MR) is 70.9 cm³/mol. The molecule has 0 atom stereocenters. The Labute approximate surface area is 99.0 Å². The van der Waals surface area contributed by atoms with Crippen LogP contribution in [0, 0.1) is 11.8 Å². The van der Waals surface area contributed by atoms with Crippen LogP contribution in [0.1, 0.15) is 45.4 Å². The van der Waals surface area contributed by atoms with Gasteiger partial charge in [-0.25, -0.2) is 0 Å². The van der Waals surface area contributed by atoms with Crippen molar-refractivity contribution in [2.24, 2.45) is 0 Å². The van der Waals surface area contributed by atoms with Crippen molar-refractivity contribution in [3.8, 4) is 11.8 Å². The van der Waals surface area contributed by atoms with E-state index in [9.17, 15) is 0 Å². The van der Waals surface area contributed by atoms with Crippen LogP contribution in [0.3, 0.4) is 0 Å². The average Bonchev–Trinajstić information content (AvgIpc) is 2.21. The van der Waals surface area contributed by atoms with Gasteiger partial charge < -0.3 is 0 Å². The first-order chi connectivity index (χ1) is 6.91. The van der Waals surface area contributed by atoms with Crippen LogP contribution >= 0.6 is 24.4 Å². The van der Waals surface area contributed by atoms with Crippen LogP contribution in [0.4, 0.5) is 0 Å². The minimum absolute atomic E-state index is 0.581. The van der Waals surface area contributed by atoms with Crippen molar-refractivity contribution in [2.75, 3.05) is 17.3 Å². The molecule has 0 aliphatic carbocycles. The predicted octanol–water partition coefficient (Wildman–Crippen LogP) is 4.28. The van der Waals surface area contributed by atoms with Gasteiger partial charge in [-0.15, -0.1) is 11.8 Å². The number of unbranched alkanes of at least 4 members (excludes halogenated alkanes) is 5. The second-order valence-corrected chi connectivity index (χ2v) is 4.71. The first-order valence-corrected chi connectivity index (χ1v) is 7.26. The second kappa shape index (κ2) is 13.3. The molecule has 0 unspecified atom stereocenters. The molecule has 0 nitrogen and oxygen atoms in total. The van der Waals surface area contributed by atoms with Gasteiger partial charge in [0.25, 0.3) is 0 Å². The van der Waals surface area contributed by atoms with E-state index in [2.05, 4.69) is 18.8 Å². The molecule has 14 heavy (non-hydrogen) atoms. The first-order valence-electron chi connectivity index (χ1n) is 5.53. The van der Waals surface area contributed by atoms with Gasteiger partial charge in [-0.3, -0.25) is 0 Å². The summed E-state index contributed by atoms with van der Waals surface area (Å²) in [4.78, 5) is 0. The summed E-state index contributed by atoms with van der Waals surface area (Å²) in [5.74, 6) is 8.77. The third-order valence-electron chi connectivity index (χ3n) is 2.01. The summed E-state index contributed by atoms with van der Waals surface area (Å²) in [5, 5.41) is 0. The van der Waals surface area contributed by atoms with Crippen molar-refractivity contribution >= 4 is 24.4 Å². The maximum Gasteiger partial charge on any atom is 0.0651 e. The lowest BCUT2D eigenvalue weighted by molar-refractivity contribution is 0.627. The molecule has 0 aromatic carbocycles. The van der Waals surface area contributed by atoms with E-state index >= 15 is 0 Å². The van der Waals surface area contributed by atoms with Crippen molar-refractivity contribution in [3.05, 3.63) is 0 Å². The van der Waals surface area contributed by atoms with Gasteiger partial charge >= 0.3 is 0 Å². The highest BCUT2D eigenvalue weighted by Gasteiger charge is 1.89. The molecule has 0 aliphatic rings. The van der Waals surface area contributed by atoms with E-state index in [1.165, 1.54) is 44.3 Å². The van der Waals surface area contributed by atoms with Crippen molar-refractivity contribution in [1.82, 2.24) is 0 Å². The molecule has 0 rings (SSSR count). The highest BCUT2D eigenvalue weighted by Crippen LogP contribution is 2.08. The molecule has 0 saturated carbocycles. The molecule has 0 amide bonds. The summed E-state index contributed by atoms with van der Waals surface area (Å²) in [6, 6.07) is 0. The standard InChI is InChI=1S/C12H21S2/c1-2-3-4-5-6-8-11-14-12-9-7-10-13/h2-6,8,10-12H2,1H3. The summed E-state index contributed by atoms with van der Waals surface area (Å²) in [5.41, 5.74) is 0. The quantitative estimate of drug-likeness (QED) is 0.442. The minimum atomic E-state index is 0.581. The Hall–Kier alpha value is 0.260. The molecule has 0 spiro atoms. The van der Waals surface area contributed by atoms with E-state index < -0.39 is 0 Å². The van der Waals surface area contributed by atoms with E-state index in [1.54, 1.807) is 0 Å². The third kappa shape index (κ3) is 12.3. The molecule has 0 heterocycles. The average molecular weight is 229 g/mol. The lowest BCUT2D eigenvalue weighted by Gasteiger charge is -1.99. The van der Waals surface area contributed by atoms with Crippen LogP contribution in [-0.2, 0) is 0 Å². The summed E-state index contributed by atoms with van der Waals surface area (Å²) in [6.07, 6.45) is 8.30. The second-order valence-electron chi connectivity index (χ2n) is 3.32. The molecule has 0 bridgehead atoms. The zero-order valence-corrected chi connectivity index (χ0v) is 10.8. The third-order valence-corrected chi connectivity index (χ3v) is 3.08. The summed E-state index contributed by atoms with van der Waals surface area (Å²) in [6.45, 7) is 2.26. The molecule has 1 radical (unpaired) electrons. The van der Waals surface area contributed by atoms with Gasteiger partial charge in [0, 0.05) is 0 Å². The Bertz CT molecular complexity index is 155. The largest absolute Gasteiger partial charge is 0.149 e. The Morgan fingerprint density at radius 2 is 1.71 bits per heavy atom. The van der Waals surface area contributed by atoms with E-state index in [1.807, 2.05) is 11.8 Å². The Morgan fingerprint density at radius 1 is 1.00 bits per heavy atom. The Balaban J connectivity index is 2.92. The lowest BCUT2D eigenvalue weighted by atomic mass is 10.1. The lowest BCUT2D eigenvalue weighted by Crippen LogP contribution is -1.83. The molecule has 81 valence electrons. The maximum absolute atomic E-state index is 4.73. The molecular formula is C12H21S2. The fraction of sp³-hybridized carbons (Fsp3) is 0.833. The van der Waals surface area contributed by atoms with Crippen LogP contribution in [0.5, 0.6) is 0 Å². The van der Waals surface area contributed by atoms with Crippen LogP contribution < -0.4 is 0 Å². The molecule has 2 heteroatoms. The van der Waals surface area contributed by atoms with E-state index in [4.69, 9.17) is 12.6 Å². The number of rotatable bonds is 8. The smallest absolute Gasteiger partial charge is 0.0651 e. The Kier molecular flexibility index (Phi) is 13.5. The highest BCUT2D eigenvalue weighted by molar-refractivity contribution is 7.99. The molecule has 0 N–H and O–H groups in total. The molecule has 0 aromatic heterocycles. The minimum Gasteiger partial charge on any atom is -0.149 e. The monoisotopic (exact) mass is 229 g/mol. The van der Waals surface area contributed by atoms with Gasteiger partial charge in [-0.05, 0) is 12.2 Å². The van der Waals surface area contributed by atoms with Crippen LogP contribution in [0.15, 0.2) is 0 Å². The summed E-state index contributed by atoms with van der Waals surface area (Å²) in [7, 11) is 0. The zero-order chi connectivity index (χ0) is 10.5. The van der Waals surface area contributed by atoms with Gasteiger partial charge in [0.1, 0.15) is 0 Å². The van der Waals surface area contributed by atoms with Crippen molar-refractivity contribution in [2.45, 2.75) is 45.4 Å². The normalized spacial score (nSPS) is 9.57. The first kappa shape index (κ1) is 14.3. The van der Waals surface area contributed by atoms with E-state index in [0.29, 0.717) is 5.75 Å². The van der Waals surface area contributed by atoms with Crippen LogP contribution in [0.2, 0.25) is 0 Å². The van der Waals surface area contributed by atoms with Gasteiger partial charge in [-0.2, -0.15) is 0 Å². The van der Waals surface area contributed by atoms with Gasteiger partial charge in [-0.1, -0.05) is 63.5 Å². The van der Waals surface area contributed by atoms with Gasteiger partial charge in [0.05, 0.1) is 11.5 Å². The molecule has 0 aromatic rings. The molecule has 0 saturated heterocycles. The number of hydrogen-bond donors (Lipinski definition) is 0. The molecule has 0 fully saturated rings. The molecular weight excluding hydrogens is 208 g/mol. The van der Waals surface area contributed by atoms with Gasteiger partial charge in [0.15, 0.2) is 0 Å². The summed E-state index contributed by atoms with van der Waals surface area (Å²) >= 11 is 6.67. The van der Waals surface area contributed by atoms with Gasteiger partial charge in [0.2, 0.25) is 0 Å². The zero-order valence-electron chi connectivity index (χ0n) is 9.18. The number of thioether (sulfide) groups is 1. The summed E-state index contributed by atoms with van der Waals surface area (Å²) < 4.78 is 0. The van der Waals surface area contributed by atoms with Crippen molar-refractivity contribution in [1.29, 1.82) is 0 Å². The van der Waals surface area contributed by atoms with Crippen LogP contribution in [-0.4, -0.2) is 17.3 Å². The fourth-order valence-corrected chi connectivity index (χ4v) is 2.07. The van der Waals surface area contributed by atoms with Crippen LogP contribution in [0.25, 0.3) is 0 Å². The number of hydrogen-bond acceptors (Lipinski definition) is 1. The van der Waals surface area contributed by atoms with E-state index in [0.717, 1.165) is 5.75 Å². The van der Waals surface area contributed by atoms with E-state index in [-0.39, 0.29) is 0 Å². The molecule has 0 aliphatic heterocycles. The highest BCUT2D eigenvalue weighted by atomic mass is 32.2. The Morgan fingerprint density at radius 3 is 2.43 bits per heavy atom.